The van der Waals surface area contributed by atoms with Crippen LogP contribution in [0.5, 0.6) is 11.5 Å². The lowest BCUT2D eigenvalue weighted by Crippen LogP contribution is -2.33. The maximum Gasteiger partial charge on any atom is 0.407 e. The summed E-state index contributed by atoms with van der Waals surface area (Å²) in [6, 6.07) is 17.2. The molecule has 3 rings (SSSR count). The summed E-state index contributed by atoms with van der Waals surface area (Å²) in [6.07, 6.45) is 1.31. The number of nitrogens with zero attached hydrogens (tertiary/aromatic N) is 1. The monoisotopic (exact) mass is 365 g/mol. The average Bonchev–Trinajstić information content (AvgIpc) is 3.13. The predicted molar refractivity (Wildman–Crippen MR) is 107 cm³/mol. The van der Waals surface area contributed by atoms with Crippen LogP contribution >= 0.6 is 0 Å². The molecule has 1 saturated carbocycles. The third kappa shape index (κ3) is 4.33. The molecule has 0 saturated heterocycles. The van der Waals surface area contributed by atoms with Gasteiger partial charge in [0.15, 0.2) is 0 Å². The van der Waals surface area contributed by atoms with Gasteiger partial charge in [-0.1, -0.05) is 55.8 Å². The molecule has 1 aliphatic rings. The van der Waals surface area contributed by atoms with Crippen molar-refractivity contribution in [1.82, 2.24) is 4.90 Å². The Kier molecular flexibility index (Phi) is 5.26. The number of ether oxygens (including phenoxy) is 1. The van der Waals surface area contributed by atoms with Crippen LogP contribution in [0, 0.1) is 11.3 Å². The van der Waals surface area contributed by atoms with Gasteiger partial charge < -0.3 is 9.84 Å². The summed E-state index contributed by atoms with van der Waals surface area (Å²) >= 11 is 0. The minimum Gasteiger partial charge on any atom is -0.465 e. The topological polar surface area (TPSA) is 49.8 Å². The SMILES string of the molecule is CC(C)=CC1C(N(Cc2cccc(Oc3ccccc3)c2)C(=O)O)C1(C)C. The highest BCUT2D eigenvalue weighted by Gasteiger charge is 2.60. The highest BCUT2D eigenvalue weighted by molar-refractivity contribution is 5.67. The van der Waals surface area contributed by atoms with E-state index in [0.717, 1.165) is 11.3 Å². The highest BCUT2D eigenvalue weighted by Crippen LogP contribution is 2.56. The zero-order chi connectivity index (χ0) is 19.6. The fourth-order valence-corrected chi connectivity index (χ4v) is 3.72. The van der Waals surface area contributed by atoms with Gasteiger partial charge in [-0.15, -0.1) is 0 Å². The van der Waals surface area contributed by atoms with E-state index >= 15 is 0 Å². The first-order valence-corrected chi connectivity index (χ1v) is 9.25. The van der Waals surface area contributed by atoms with E-state index in [-0.39, 0.29) is 17.4 Å². The van der Waals surface area contributed by atoms with Crippen LogP contribution in [-0.4, -0.2) is 22.1 Å². The Bertz CT molecular complexity index is 838. The zero-order valence-corrected chi connectivity index (χ0v) is 16.3. The third-order valence-electron chi connectivity index (χ3n) is 5.18. The number of para-hydroxylation sites is 1. The molecule has 0 bridgehead atoms. The molecule has 4 nitrogen and oxygen atoms in total. The molecular weight excluding hydrogens is 338 g/mol. The van der Waals surface area contributed by atoms with E-state index in [1.807, 2.05) is 54.6 Å². The summed E-state index contributed by atoms with van der Waals surface area (Å²) in [5, 5.41) is 9.81. The Hall–Kier alpha value is -2.75. The highest BCUT2D eigenvalue weighted by atomic mass is 16.5. The quantitative estimate of drug-likeness (QED) is 0.644. The first-order chi connectivity index (χ1) is 12.8. The molecule has 0 aromatic heterocycles. The lowest BCUT2D eigenvalue weighted by molar-refractivity contribution is 0.132. The molecule has 27 heavy (non-hydrogen) atoms. The van der Waals surface area contributed by atoms with E-state index in [1.54, 1.807) is 4.90 Å². The van der Waals surface area contributed by atoms with E-state index in [4.69, 9.17) is 4.74 Å². The second-order valence-electron chi connectivity index (χ2n) is 8.01. The number of hydrogen-bond acceptors (Lipinski definition) is 2. The average molecular weight is 365 g/mol. The van der Waals surface area contributed by atoms with Crippen molar-refractivity contribution >= 4 is 6.09 Å². The van der Waals surface area contributed by atoms with Gasteiger partial charge in [-0.25, -0.2) is 4.79 Å². The lowest BCUT2D eigenvalue weighted by atomic mass is 10.1. The molecule has 2 aromatic rings. The Labute approximate surface area is 161 Å². The van der Waals surface area contributed by atoms with Crippen molar-refractivity contribution in [3.8, 4) is 11.5 Å². The number of rotatable bonds is 6. The Balaban J connectivity index is 1.77. The summed E-state index contributed by atoms with van der Waals surface area (Å²) in [4.78, 5) is 13.5. The van der Waals surface area contributed by atoms with Crippen LogP contribution in [0.1, 0.15) is 33.3 Å². The second kappa shape index (κ2) is 7.47. The molecule has 1 N–H and O–H groups in total. The van der Waals surface area contributed by atoms with Gasteiger partial charge in [0.25, 0.3) is 0 Å². The molecular formula is C23H27NO3. The molecule has 4 heteroatoms. The van der Waals surface area contributed by atoms with E-state index in [9.17, 15) is 9.90 Å². The van der Waals surface area contributed by atoms with Crippen molar-refractivity contribution in [3.05, 3.63) is 71.8 Å². The van der Waals surface area contributed by atoms with Gasteiger partial charge in [0.1, 0.15) is 11.5 Å². The Morgan fingerprint density at radius 3 is 2.41 bits per heavy atom. The molecule has 1 aliphatic carbocycles. The second-order valence-corrected chi connectivity index (χ2v) is 8.01. The molecule has 1 amide bonds. The first kappa shape index (κ1) is 19.0. The van der Waals surface area contributed by atoms with Crippen molar-refractivity contribution in [3.63, 3.8) is 0 Å². The standard InChI is InChI=1S/C23H27NO3/c1-16(2)13-20-21(23(20,3)4)24(22(25)26)15-17-9-8-12-19(14-17)27-18-10-6-5-7-11-18/h5-14,20-21H,15H2,1-4H3,(H,25,26). The van der Waals surface area contributed by atoms with Gasteiger partial charge >= 0.3 is 6.09 Å². The third-order valence-corrected chi connectivity index (χ3v) is 5.18. The molecule has 2 aromatic carbocycles. The Morgan fingerprint density at radius 1 is 1.11 bits per heavy atom. The van der Waals surface area contributed by atoms with Crippen LogP contribution in [0.4, 0.5) is 4.79 Å². The summed E-state index contributed by atoms with van der Waals surface area (Å²) < 4.78 is 5.88. The van der Waals surface area contributed by atoms with E-state index < -0.39 is 6.09 Å². The summed E-state index contributed by atoms with van der Waals surface area (Å²) in [7, 11) is 0. The number of carbonyl (C=O) groups is 1. The molecule has 0 radical (unpaired) electrons. The summed E-state index contributed by atoms with van der Waals surface area (Å²) in [6.45, 7) is 8.73. The van der Waals surface area contributed by atoms with Gasteiger partial charge in [0.2, 0.25) is 0 Å². The van der Waals surface area contributed by atoms with Gasteiger partial charge in [-0.2, -0.15) is 0 Å². The van der Waals surface area contributed by atoms with E-state index in [0.29, 0.717) is 12.3 Å². The Morgan fingerprint density at radius 2 is 1.78 bits per heavy atom. The normalized spacial score (nSPS) is 19.9. The minimum absolute atomic E-state index is 0.0106. The van der Waals surface area contributed by atoms with Crippen molar-refractivity contribution in [2.24, 2.45) is 11.3 Å². The van der Waals surface area contributed by atoms with Crippen molar-refractivity contribution in [1.29, 1.82) is 0 Å². The largest absolute Gasteiger partial charge is 0.465 e. The van der Waals surface area contributed by atoms with E-state index in [1.165, 1.54) is 5.57 Å². The van der Waals surface area contributed by atoms with Gasteiger partial charge in [0, 0.05) is 18.5 Å². The van der Waals surface area contributed by atoms with Gasteiger partial charge in [-0.05, 0) is 49.1 Å². The number of carboxylic acid groups (broad SMARTS) is 1. The van der Waals surface area contributed by atoms with Crippen LogP contribution in [0.15, 0.2) is 66.2 Å². The molecule has 0 heterocycles. The number of amides is 1. The molecule has 2 unspecified atom stereocenters. The summed E-state index contributed by atoms with van der Waals surface area (Å²) in [5.41, 5.74) is 2.09. The maximum atomic E-state index is 12.0. The number of hydrogen-bond donors (Lipinski definition) is 1. The fraction of sp³-hybridized carbons (Fsp3) is 0.348. The molecule has 0 aliphatic heterocycles. The molecule has 0 spiro atoms. The molecule has 142 valence electrons. The molecule has 2 atom stereocenters. The van der Waals surface area contributed by atoms with Crippen molar-refractivity contribution in [2.45, 2.75) is 40.3 Å². The summed E-state index contributed by atoms with van der Waals surface area (Å²) in [5.74, 6) is 1.72. The molecule has 1 fully saturated rings. The van der Waals surface area contributed by atoms with Crippen LogP contribution in [0.2, 0.25) is 0 Å². The predicted octanol–water partition coefficient (Wildman–Crippen LogP) is 5.95. The van der Waals surface area contributed by atoms with Gasteiger partial charge in [0.05, 0.1) is 0 Å². The zero-order valence-electron chi connectivity index (χ0n) is 16.3. The number of benzene rings is 2. The van der Waals surface area contributed by atoms with Crippen molar-refractivity contribution in [2.75, 3.05) is 0 Å². The maximum absolute atomic E-state index is 12.0. The minimum atomic E-state index is -0.882. The smallest absolute Gasteiger partial charge is 0.407 e. The van der Waals surface area contributed by atoms with Crippen LogP contribution in [0.3, 0.4) is 0 Å². The lowest BCUT2D eigenvalue weighted by Gasteiger charge is -2.21. The van der Waals surface area contributed by atoms with Crippen LogP contribution < -0.4 is 4.74 Å². The van der Waals surface area contributed by atoms with Crippen LogP contribution in [-0.2, 0) is 6.54 Å². The first-order valence-electron chi connectivity index (χ1n) is 9.25. The van der Waals surface area contributed by atoms with E-state index in [2.05, 4.69) is 33.8 Å². The fourth-order valence-electron chi connectivity index (χ4n) is 3.72. The van der Waals surface area contributed by atoms with Crippen LogP contribution in [0.25, 0.3) is 0 Å². The van der Waals surface area contributed by atoms with Gasteiger partial charge in [-0.3, -0.25) is 4.90 Å². The van der Waals surface area contributed by atoms with Crippen molar-refractivity contribution < 1.29 is 14.6 Å². The number of allylic oxidation sites excluding steroid dienone is 1.